The Hall–Kier alpha value is -3.00. The van der Waals surface area contributed by atoms with Gasteiger partial charge in [-0.05, 0) is 29.0 Å². The molecule has 0 amide bonds. The molecule has 27 heavy (non-hydrogen) atoms. The van der Waals surface area contributed by atoms with E-state index in [9.17, 15) is 9.59 Å². The van der Waals surface area contributed by atoms with Crippen LogP contribution in [0, 0.1) is 5.92 Å². The number of rotatable bonds is 4. The smallest absolute Gasteiger partial charge is 0.198 e. The van der Waals surface area contributed by atoms with Crippen molar-refractivity contribution in [3.05, 3.63) is 108 Å². The van der Waals surface area contributed by atoms with Crippen molar-refractivity contribution >= 4 is 11.6 Å². The summed E-state index contributed by atoms with van der Waals surface area (Å²) in [5.41, 5.74) is 3.03. The molecule has 2 nitrogen and oxygen atoms in total. The fourth-order valence-electron chi connectivity index (χ4n) is 4.56. The monoisotopic (exact) mass is 354 g/mol. The summed E-state index contributed by atoms with van der Waals surface area (Å²) in [6.07, 6.45) is 1.33. The Kier molecular flexibility index (Phi) is 4.72. The molecular formula is C25H22O2. The summed E-state index contributed by atoms with van der Waals surface area (Å²) >= 11 is 0. The lowest BCUT2D eigenvalue weighted by molar-refractivity contribution is -0.139. The van der Waals surface area contributed by atoms with E-state index in [0.29, 0.717) is 12.8 Å². The van der Waals surface area contributed by atoms with Crippen molar-refractivity contribution in [2.45, 2.75) is 24.7 Å². The van der Waals surface area contributed by atoms with Crippen molar-refractivity contribution in [2.24, 2.45) is 5.92 Å². The standard InChI is InChI=1S/C25H22O2/c26-23-17-16-22(18-24(23)27)25(19-10-4-1-5-11-19,20-12-6-2-7-13-20)21-14-8-3-9-15-21/h1-15,22H,16-18H2/t22-/m1/s1. The van der Waals surface area contributed by atoms with Crippen molar-refractivity contribution in [1.82, 2.24) is 0 Å². The number of hydrogen-bond donors (Lipinski definition) is 0. The van der Waals surface area contributed by atoms with Crippen molar-refractivity contribution in [2.75, 3.05) is 0 Å². The molecule has 0 radical (unpaired) electrons. The summed E-state index contributed by atoms with van der Waals surface area (Å²) < 4.78 is 0. The van der Waals surface area contributed by atoms with Gasteiger partial charge in [0.15, 0.2) is 11.6 Å². The maximum atomic E-state index is 12.4. The van der Waals surface area contributed by atoms with E-state index in [1.54, 1.807) is 0 Å². The molecule has 1 atom stereocenters. The van der Waals surface area contributed by atoms with Gasteiger partial charge in [0, 0.05) is 18.3 Å². The molecule has 0 bridgehead atoms. The predicted octanol–water partition coefficient (Wildman–Crippen LogP) is 4.96. The average molecular weight is 354 g/mol. The number of ketones is 2. The average Bonchev–Trinajstić information content (AvgIpc) is 2.74. The zero-order valence-electron chi connectivity index (χ0n) is 15.2. The Morgan fingerprint density at radius 1 is 0.593 bits per heavy atom. The van der Waals surface area contributed by atoms with E-state index >= 15 is 0 Å². The fourth-order valence-corrected chi connectivity index (χ4v) is 4.56. The molecule has 0 aliphatic heterocycles. The number of benzene rings is 3. The van der Waals surface area contributed by atoms with Crippen molar-refractivity contribution in [1.29, 1.82) is 0 Å². The van der Waals surface area contributed by atoms with Crippen LogP contribution in [0.15, 0.2) is 91.0 Å². The molecule has 3 aromatic rings. The van der Waals surface area contributed by atoms with E-state index in [4.69, 9.17) is 0 Å². The van der Waals surface area contributed by atoms with Gasteiger partial charge in [-0.2, -0.15) is 0 Å². The molecule has 0 saturated heterocycles. The highest BCUT2D eigenvalue weighted by atomic mass is 16.2. The largest absolute Gasteiger partial charge is 0.291 e. The molecule has 0 N–H and O–H groups in total. The van der Waals surface area contributed by atoms with Crippen LogP contribution in [0.4, 0.5) is 0 Å². The normalized spacial score (nSPS) is 17.7. The Morgan fingerprint density at radius 3 is 1.37 bits per heavy atom. The predicted molar refractivity (Wildman–Crippen MR) is 107 cm³/mol. The van der Waals surface area contributed by atoms with Crippen molar-refractivity contribution in [3.63, 3.8) is 0 Å². The van der Waals surface area contributed by atoms with Crippen LogP contribution in [0.5, 0.6) is 0 Å². The zero-order chi connectivity index (χ0) is 18.7. The maximum Gasteiger partial charge on any atom is 0.198 e. The Balaban J connectivity index is 2.01. The summed E-state index contributed by atoms with van der Waals surface area (Å²) in [7, 11) is 0. The van der Waals surface area contributed by atoms with Gasteiger partial charge >= 0.3 is 0 Å². The number of hydrogen-bond acceptors (Lipinski definition) is 2. The van der Waals surface area contributed by atoms with Gasteiger partial charge in [0.25, 0.3) is 0 Å². The molecule has 3 aromatic carbocycles. The van der Waals surface area contributed by atoms with Crippen molar-refractivity contribution < 1.29 is 9.59 Å². The second kappa shape index (κ2) is 7.32. The summed E-state index contributed by atoms with van der Waals surface area (Å²) in [5, 5.41) is 0. The molecule has 4 rings (SSSR count). The minimum absolute atomic E-state index is 0.0369. The van der Waals surface area contributed by atoms with Gasteiger partial charge in [0.1, 0.15) is 0 Å². The maximum absolute atomic E-state index is 12.4. The van der Waals surface area contributed by atoms with Crippen LogP contribution in [-0.4, -0.2) is 11.6 Å². The third-order valence-electron chi connectivity index (χ3n) is 5.76. The van der Waals surface area contributed by atoms with Gasteiger partial charge in [-0.1, -0.05) is 91.0 Å². The van der Waals surface area contributed by atoms with Gasteiger partial charge in [-0.25, -0.2) is 0 Å². The highest BCUT2D eigenvalue weighted by Gasteiger charge is 2.46. The van der Waals surface area contributed by atoms with Crippen LogP contribution in [0.1, 0.15) is 36.0 Å². The zero-order valence-corrected chi connectivity index (χ0v) is 15.2. The van der Waals surface area contributed by atoms with Crippen LogP contribution in [0.25, 0.3) is 0 Å². The quantitative estimate of drug-likeness (QED) is 0.490. The molecule has 0 heterocycles. The Labute approximate surface area is 159 Å². The minimum Gasteiger partial charge on any atom is -0.291 e. The van der Waals surface area contributed by atoms with E-state index in [1.807, 2.05) is 54.6 Å². The molecule has 0 aromatic heterocycles. The lowest BCUT2D eigenvalue weighted by atomic mass is 9.58. The molecule has 0 spiro atoms. The van der Waals surface area contributed by atoms with E-state index in [-0.39, 0.29) is 23.9 Å². The molecule has 1 saturated carbocycles. The summed E-state index contributed by atoms with van der Waals surface area (Å²) in [6, 6.07) is 31.2. The van der Waals surface area contributed by atoms with Gasteiger partial charge < -0.3 is 0 Å². The highest BCUT2D eigenvalue weighted by Crippen LogP contribution is 2.49. The highest BCUT2D eigenvalue weighted by molar-refractivity contribution is 6.37. The van der Waals surface area contributed by atoms with E-state index in [0.717, 1.165) is 16.7 Å². The third kappa shape index (κ3) is 3.02. The molecular weight excluding hydrogens is 332 g/mol. The summed E-state index contributed by atoms with van der Waals surface area (Å²) in [6.45, 7) is 0. The van der Waals surface area contributed by atoms with Gasteiger partial charge in [-0.3, -0.25) is 9.59 Å². The molecule has 134 valence electrons. The molecule has 2 heteroatoms. The van der Waals surface area contributed by atoms with E-state index < -0.39 is 5.41 Å². The van der Waals surface area contributed by atoms with Gasteiger partial charge in [0.05, 0.1) is 0 Å². The first-order chi connectivity index (χ1) is 13.2. The van der Waals surface area contributed by atoms with Gasteiger partial charge in [-0.15, -0.1) is 0 Å². The lowest BCUT2D eigenvalue weighted by Gasteiger charge is -2.44. The lowest BCUT2D eigenvalue weighted by Crippen LogP contribution is -2.42. The summed E-state index contributed by atoms with van der Waals surface area (Å²) in [5.74, 6) is -0.428. The van der Waals surface area contributed by atoms with E-state index in [2.05, 4.69) is 36.4 Å². The fraction of sp³-hybridized carbons (Fsp3) is 0.200. The van der Waals surface area contributed by atoms with Crippen molar-refractivity contribution in [3.8, 4) is 0 Å². The second-order valence-electron chi connectivity index (χ2n) is 7.19. The molecule has 0 unspecified atom stereocenters. The first kappa shape index (κ1) is 17.4. The van der Waals surface area contributed by atoms with Gasteiger partial charge in [0.2, 0.25) is 0 Å². The SMILES string of the molecule is O=C1CC[C@@H](C(c2ccccc2)(c2ccccc2)c2ccccc2)CC1=O. The van der Waals surface area contributed by atoms with E-state index in [1.165, 1.54) is 0 Å². The second-order valence-corrected chi connectivity index (χ2v) is 7.19. The first-order valence-corrected chi connectivity index (χ1v) is 9.45. The summed E-state index contributed by atoms with van der Waals surface area (Å²) in [4.78, 5) is 24.3. The Morgan fingerprint density at radius 2 is 1.00 bits per heavy atom. The number of Topliss-reactive ketones (excluding diaryl/α,β-unsaturated/α-hetero) is 2. The number of carbonyl (C=O) groups is 2. The number of carbonyl (C=O) groups excluding carboxylic acids is 2. The molecule has 1 aliphatic rings. The minimum atomic E-state index is -0.458. The molecule has 1 fully saturated rings. The first-order valence-electron chi connectivity index (χ1n) is 9.45. The van der Waals surface area contributed by atoms with Crippen LogP contribution >= 0.6 is 0 Å². The molecule has 1 aliphatic carbocycles. The van der Waals surface area contributed by atoms with Crippen LogP contribution in [0.3, 0.4) is 0 Å². The van der Waals surface area contributed by atoms with Crippen LogP contribution < -0.4 is 0 Å². The third-order valence-corrected chi connectivity index (χ3v) is 5.76. The van der Waals surface area contributed by atoms with Crippen LogP contribution in [0.2, 0.25) is 0 Å². The Bertz CT molecular complexity index is 833. The topological polar surface area (TPSA) is 34.1 Å². The van der Waals surface area contributed by atoms with Crippen LogP contribution in [-0.2, 0) is 15.0 Å².